The van der Waals surface area contributed by atoms with Crippen molar-refractivity contribution in [3.63, 3.8) is 0 Å². The molecule has 1 aliphatic heterocycles. The van der Waals surface area contributed by atoms with Crippen LogP contribution in [0.1, 0.15) is 0 Å². The average Bonchev–Trinajstić information content (AvgIpc) is 2.66. The monoisotopic (exact) mass is 330 g/mol. The van der Waals surface area contributed by atoms with Gasteiger partial charge in [0.1, 0.15) is 13.2 Å². The number of aromatic nitrogens is 2. The van der Waals surface area contributed by atoms with Gasteiger partial charge in [0.25, 0.3) is 5.88 Å². The second kappa shape index (κ2) is 8.35. The Morgan fingerprint density at radius 2 is 1.71 bits per heavy atom. The Morgan fingerprint density at radius 3 is 2.50 bits per heavy atom. The zero-order chi connectivity index (χ0) is 16.6. The summed E-state index contributed by atoms with van der Waals surface area (Å²) in [7, 11) is 1.62. The fourth-order valence-electron chi connectivity index (χ4n) is 2.54. The number of ether oxygens (including phenoxy) is 3. The Morgan fingerprint density at radius 1 is 1.00 bits per heavy atom. The SMILES string of the molecule is COc1ccccc1OCCOc1nccnc1N1CCNCC1. The van der Waals surface area contributed by atoms with Crippen molar-refractivity contribution in [3.8, 4) is 17.4 Å². The summed E-state index contributed by atoms with van der Waals surface area (Å²) in [6.07, 6.45) is 3.33. The van der Waals surface area contributed by atoms with Crippen molar-refractivity contribution in [2.24, 2.45) is 0 Å². The van der Waals surface area contributed by atoms with Crippen LogP contribution in [0.5, 0.6) is 17.4 Å². The molecule has 0 bridgehead atoms. The van der Waals surface area contributed by atoms with E-state index in [9.17, 15) is 0 Å². The molecule has 1 fully saturated rings. The molecule has 0 spiro atoms. The molecule has 7 nitrogen and oxygen atoms in total. The lowest BCUT2D eigenvalue weighted by Crippen LogP contribution is -2.44. The molecule has 128 valence electrons. The van der Waals surface area contributed by atoms with Crippen LogP contribution in [-0.2, 0) is 0 Å². The molecular formula is C17H22N4O3. The highest BCUT2D eigenvalue weighted by Crippen LogP contribution is 2.26. The van der Waals surface area contributed by atoms with Crippen molar-refractivity contribution in [3.05, 3.63) is 36.7 Å². The minimum atomic E-state index is 0.385. The summed E-state index contributed by atoms with van der Waals surface area (Å²) < 4.78 is 16.8. The van der Waals surface area contributed by atoms with Crippen LogP contribution >= 0.6 is 0 Å². The number of piperazine rings is 1. The zero-order valence-electron chi connectivity index (χ0n) is 13.8. The smallest absolute Gasteiger partial charge is 0.257 e. The highest BCUT2D eigenvalue weighted by Gasteiger charge is 2.17. The molecule has 0 saturated carbocycles. The van der Waals surface area contributed by atoms with E-state index in [0.29, 0.717) is 30.6 Å². The normalized spacial score (nSPS) is 14.3. The van der Waals surface area contributed by atoms with Crippen molar-refractivity contribution in [1.29, 1.82) is 0 Å². The third kappa shape index (κ3) is 4.05. The van der Waals surface area contributed by atoms with E-state index in [-0.39, 0.29) is 0 Å². The van der Waals surface area contributed by atoms with Crippen molar-refractivity contribution in [2.45, 2.75) is 0 Å². The van der Waals surface area contributed by atoms with Crippen molar-refractivity contribution in [1.82, 2.24) is 15.3 Å². The van der Waals surface area contributed by atoms with Gasteiger partial charge < -0.3 is 24.4 Å². The number of hydrogen-bond acceptors (Lipinski definition) is 7. The van der Waals surface area contributed by atoms with Crippen LogP contribution in [0, 0.1) is 0 Å². The van der Waals surface area contributed by atoms with Crippen LogP contribution in [0.3, 0.4) is 0 Å². The molecule has 1 aromatic heterocycles. The predicted molar refractivity (Wildman–Crippen MR) is 91.1 cm³/mol. The summed E-state index contributed by atoms with van der Waals surface area (Å²) in [5, 5.41) is 3.32. The Labute approximate surface area is 141 Å². The summed E-state index contributed by atoms with van der Waals surface area (Å²) in [6.45, 7) is 4.45. The van der Waals surface area contributed by atoms with Crippen molar-refractivity contribution >= 4 is 5.82 Å². The first-order chi connectivity index (χ1) is 11.9. The number of nitrogens with one attached hydrogen (secondary N) is 1. The molecule has 2 aromatic rings. The van der Waals surface area contributed by atoms with Crippen LogP contribution in [0.15, 0.2) is 36.7 Å². The van der Waals surface area contributed by atoms with Crippen LogP contribution in [0.2, 0.25) is 0 Å². The predicted octanol–water partition coefficient (Wildman–Crippen LogP) is 1.35. The highest BCUT2D eigenvalue weighted by atomic mass is 16.5. The number of methoxy groups -OCH3 is 1. The van der Waals surface area contributed by atoms with E-state index in [1.54, 1.807) is 19.5 Å². The molecule has 2 heterocycles. The van der Waals surface area contributed by atoms with E-state index in [4.69, 9.17) is 14.2 Å². The largest absolute Gasteiger partial charge is 0.493 e. The number of anilines is 1. The molecule has 1 aromatic carbocycles. The highest BCUT2D eigenvalue weighted by molar-refractivity contribution is 5.48. The minimum absolute atomic E-state index is 0.385. The van der Waals surface area contributed by atoms with Gasteiger partial charge in [-0.1, -0.05) is 12.1 Å². The van der Waals surface area contributed by atoms with Crippen LogP contribution < -0.4 is 24.4 Å². The first kappa shape index (κ1) is 16.3. The Hall–Kier alpha value is -2.54. The number of hydrogen-bond donors (Lipinski definition) is 1. The lowest BCUT2D eigenvalue weighted by Gasteiger charge is -2.28. The van der Waals surface area contributed by atoms with Gasteiger partial charge in [0.05, 0.1) is 7.11 Å². The fourth-order valence-corrected chi connectivity index (χ4v) is 2.54. The molecule has 0 unspecified atom stereocenters. The summed E-state index contributed by atoms with van der Waals surface area (Å²) in [6, 6.07) is 7.54. The quantitative estimate of drug-likeness (QED) is 0.769. The molecule has 1 saturated heterocycles. The second-order valence-electron chi connectivity index (χ2n) is 5.27. The van der Waals surface area contributed by atoms with E-state index >= 15 is 0 Å². The van der Waals surface area contributed by atoms with Crippen molar-refractivity contribution < 1.29 is 14.2 Å². The molecule has 0 atom stereocenters. The van der Waals surface area contributed by atoms with E-state index < -0.39 is 0 Å². The average molecular weight is 330 g/mol. The van der Waals surface area contributed by atoms with Gasteiger partial charge in [0.15, 0.2) is 17.3 Å². The van der Waals surface area contributed by atoms with Gasteiger partial charge in [0.2, 0.25) is 0 Å². The van der Waals surface area contributed by atoms with Crippen molar-refractivity contribution in [2.75, 3.05) is 51.4 Å². The topological polar surface area (TPSA) is 68.7 Å². The van der Waals surface area contributed by atoms with Gasteiger partial charge in [-0.2, -0.15) is 0 Å². The Balaban J connectivity index is 1.55. The summed E-state index contributed by atoms with van der Waals surface area (Å²) in [5.74, 6) is 2.74. The number of nitrogens with zero attached hydrogens (tertiary/aromatic N) is 3. The maximum Gasteiger partial charge on any atom is 0.257 e. The first-order valence-electron chi connectivity index (χ1n) is 8.04. The molecule has 0 radical (unpaired) electrons. The molecule has 1 N–H and O–H groups in total. The van der Waals surface area contributed by atoms with E-state index in [1.165, 1.54) is 0 Å². The Bertz CT molecular complexity index is 647. The molecule has 24 heavy (non-hydrogen) atoms. The molecular weight excluding hydrogens is 308 g/mol. The van der Waals surface area contributed by atoms with Gasteiger partial charge in [-0.15, -0.1) is 0 Å². The zero-order valence-corrected chi connectivity index (χ0v) is 13.8. The fraction of sp³-hybridized carbons (Fsp3) is 0.412. The van der Waals surface area contributed by atoms with Crippen LogP contribution in [0.4, 0.5) is 5.82 Å². The van der Waals surface area contributed by atoms with E-state index in [2.05, 4.69) is 20.2 Å². The van der Waals surface area contributed by atoms with Gasteiger partial charge in [0, 0.05) is 38.6 Å². The molecule has 1 aliphatic rings. The lowest BCUT2D eigenvalue weighted by molar-refractivity contribution is 0.206. The third-order valence-corrected chi connectivity index (χ3v) is 3.71. The van der Waals surface area contributed by atoms with Crippen LogP contribution in [0.25, 0.3) is 0 Å². The van der Waals surface area contributed by atoms with Gasteiger partial charge >= 0.3 is 0 Å². The van der Waals surface area contributed by atoms with Gasteiger partial charge in [-0.25, -0.2) is 9.97 Å². The number of benzene rings is 1. The maximum absolute atomic E-state index is 5.78. The Kier molecular flexibility index (Phi) is 5.68. The summed E-state index contributed by atoms with van der Waals surface area (Å²) >= 11 is 0. The lowest BCUT2D eigenvalue weighted by atomic mass is 10.3. The van der Waals surface area contributed by atoms with Crippen LogP contribution in [-0.4, -0.2) is 56.5 Å². The number of para-hydroxylation sites is 2. The number of rotatable bonds is 7. The first-order valence-corrected chi connectivity index (χ1v) is 8.04. The molecule has 0 amide bonds. The summed E-state index contributed by atoms with van der Waals surface area (Å²) in [4.78, 5) is 10.9. The van der Waals surface area contributed by atoms with Gasteiger partial charge in [-0.3, -0.25) is 0 Å². The second-order valence-corrected chi connectivity index (χ2v) is 5.27. The summed E-state index contributed by atoms with van der Waals surface area (Å²) in [5.41, 5.74) is 0. The molecule has 3 rings (SSSR count). The maximum atomic E-state index is 5.78. The van der Waals surface area contributed by atoms with E-state index in [1.807, 2.05) is 24.3 Å². The minimum Gasteiger partial charge on any atom is -0.493 e. The molecule has 0 aliphatic carbocycles. The third-order valence-electron chi connectivity index (χ3n) is 3.71. The van der Waals surface area contributed by atoms with Gasteiger partial charge in [-0.05, 0) is 12.1 Å². The standard InChI is InChI=1S/C17H22N4O3/c1-22-14-4-2-3-5-15(14)23-12-13-24-17-16(19-6-7-20-17)21-10-8-18-9-11-21/h2-7,18H,8-13H2,1H3. The van der Waals surface area contributed by atoms with E-state index in [0.717, 1.165) is 32.0 Å². The molecule has 7 heteroatoms.